The van der Waals surface area contributed by atoms with Crippen molar-refractivity contribution in [1.29, 1.82) is 0 Å². The van der Waals surface area contributed by atoms with Gasteiger partial charge in [0.2, 0.25) is 0 Å². The predicted octanol–water partition coefficient (Wildman–Crippen LogP) is 7.31. The summed E-state index contributed by atoms with van der Waals surface area (Å²) in [5.41, 5.74) is 0.0283. The van der Waals surface area contributed by atoms with Crippen LogP contribution < -0.4 is 9.47 Å². The molecule has 0 aliphatic carbocycles. The van der Waals surface area contributed by atoms with Gasteiger partial charge in [0.15, 0.2) is 6.10 Å². The summed E-state index contributed by atoms with van der Waals surface area (Å²) >= 11 is 0. The number of hydrogen-bond acceptors (Lipinski definition) is 4. The molecule has 1 aliphatic heterocycles. The number of methoxy groups -OCH3 is 1. The van der Waals surface area contributed by atoms with Crippen molar-refractivity contribution in [2.75, 3.05) is 13.7 Å². The van der Waals surface area contributed by atoms with Crippen LogP contribution in [0.5, 0.6) is 11.5 Å². The highest BCUT2D eigenvalue weighted by atomic mass is 19.4. The largest absolute Gasteiger partial charge is 0.497 e. The Hall–Kier alpha value is -3.52. The minimum atomic E-state index is -4.81. The first-order valence-electron chi connectivity index (χ1n) is 11.9. The van der Waals surface area contributed by atoms with Gasteiger partial charge < -0.3 is 19.3 Å². The van der Waals surface area contributed by atoms with E-state index in [0.717, 1.165) is 18.1 Å². The minimum absolute atomic E-state index is 0.157. The molecule has 3 aromatic carbocycles. The van der Waals surface area contributed by atoms with Crippen LogP contribution in [-0.2, 0) is 22.1 Å². The van der Waals surface area contributed by atoms with Crippen LogP contribution >= 0.6 is 0 Å². The van der Waals surface area contributed by atoms with E-state index >= 15 is 0 Å². The van der Waals surface area contributed by atoms with Crippen molar-refractivity contribution in [1.82, 2.24) is 0 Å². The van der Waals surface area contributed by atoms with Gasteiger partial charge in [0.1, 0.15) is 11.5 Å². The second-order valence-electron chi connectivity index (χ2n) is 9.90. The fourth-order valence-electron chi connectivity index (χ4n) is 4.56. The van der Waals surface area contributed by atoms with E-state index in [-0.39, 0.29) is 5.56 Å². The second-order valence-corrected chi connectivity index (χ2v) is 9.90. The Morgan fingerprint density at radius 2 is 1.68 bits per heavy atom. The molecule has 8 heteroatoms. The summed E-state index contributed by atoms with van der Waals surface area (Å²) in [5.74, 6) is -0.243. The van der Waals surface area contributed by atoms with Gasteiger partial charge in [-0.25, -0.2) is 4.79 Å². The van der Waals surface area contributed by atoms with E-state index in [1.165, 1.54) is 13.2 Å². The zero-order valence-corrected chi connectivity index (χ0v) is 21.1. The van der Waals surface area contributed by atoms with Gasteiger partial charge in [-0.1, -0.05) is 24.3 Å². The molecule has 4 rings (SSSR count). The quantitative estimate of drug-likeness (QED) is 0.374. The molecule has 3 aromatic rings. The molecule has 1 unspecified atom stereocenters. The molecule has 0 bridgehead atoms. The Morgan fingerprint density at radius 3 is 2.27 bits per heavy atom. The van der Waals surface area contributed by atoms with Crippen molar-refractivity contribution < 1.29 is 37.3 Å². The van der Waals surface area contributed by atoms with Crippen molar-refractivity contribution in [3.8, 4) is 33.8 Å². The zero-order valence-electron chi connectivity index (χ0n) is 21.1. The zero-order chi connectivity index (χ0) is 27.0. The summed E-state index contributed by atoms with van der Waals surface area (Å²) < 4.78 is 60.0. The van der Waals surface area contributed by atoms with E-state index in [0.29, 0.717) is 41.2 Å². The molecular weight excluding hydrogens is 485 g/mol. The molecule has 0 amide bonds. The van der Waals surface area contributed by atoms with Crippen LogP contribution in [0.15, 0.2) is 54.6 Å². The summed E-state index contributed by atoms with van der Waals surface area (Å²) in [5, 5.41) is 10.1. The number of alkyl halides is 3. The molecule has 0 saturated heterocycles. The van der Waals surface area contributed by atoms with E-state index in [9.17, 15) is 23.1 Å². The molecular formula is C29H29F3O5. The Bertz CT molecular complexity index is 1290. The lowest BCUT2D eigenvalue weighted by atomic mass is 9.84. The highest BCUT2D eigenvalue weighted by Gasteiger charge is 2.41. The van der Waals surface area contributed by atoms with Gasteiger partial charge in [0, 0.05) is 5.56 Å². The molecule has 0 radical (unpaired) electrons. The molecule has 0 fully saturated rings. The Kier molecular flexibility index (Phi) is 7.24. The molecule has 0 saturated carbocycles. The highest BCUT2D eigenvalue weighted by Crippen LogP contribution is 2.47. The maximum atomic E-state index is 14.4. The third-order valence-corrected chi connectivity index (χ3v) is 6.11. The molecule has 0 spiro atoms. The van der Waals surface area contributed by atoms with E-state index in [4.69, 9.17) is 14.2 Å². The average Bonchev–Trinajstić information content (AvgIpc) is 2.85. The second kappa shape index (κ2) is 10.1. The normalized spacial score (nSPS) is 14.5. The Morgan fingerprint density at radius 1 is 1.00 bits per heavy atom. The number of aliphatic carboxylic acids is 1. The lowest BCUT2D eigenvalue weighted by Crippen LogP contribution is -2.29. The number of halogens is 3. The molecule has 37 heavy (non-hydrogen) atoms. The number of carbonyl (C=O) groups is 1. The van der Waals surface area contributed by atoms with Gasteiger partial charge in [-0.05, 0) is 91.8 Å². The lowest BCUT2D eigenvalue weighted by Gasteiger charge is -2.30. The fourth-order valence-corrected chi connectivity index (χ4v) is 4.56. The average molecular weight is 515 g/mol. The molecule has 1 heterocycles. The minimum Gasteiger partial charge on any atom is -0.497 e. The molecule has 196 valence electrons. The number of hydrogen-bond donors (Lipinski definition) is 1. The standard InChI is InChI=1S/C29H29F3O5/c1-28(2,3)37-26(27(33)34)25-22(29(30,31)32)13-12-21(17-7-10-20(35-4)11-8-17)24(25)19-9-14-23-18(16-19)6-5-15-36-23/h7-14,16,26H,5-6,15H2,1-4H3,(H,33,34). The van der Waals surface area contributed by atoms with Crippen LogP contribution in [0.2, 0.25) is 0 Å². The monoisotopic (exact) mass is 514 g/mol. The summed E-state index contributed by atoms with van der Waals surface area (Å²) in [6, 6.07) is 14.4. The van der Waals surface area contributed by atoms with E-state index in [1.54, 1.807) is 63.2 Å². The third kappa shape index (κ3) is 5.74. The fraction of sp³-hybridized carbons (Fsp3) is 0.345. The van der Waals surface area contributed by atoms with Crippen LogP contribution in [0.3, 0.4) is 0 Å². The lowest BCUT2D eigenvalue weighted by molar-refractivity contribution is -0.163. The van der Waals surface area contributed by atoms with E-state index < -0.39 is 35.0 Å². The van der Waals surface area contributed by atoms with Gasteiger partial charge in [-0.3, -0.25) is 0 Å². The number of fused-ring (bicyclic) bond motifs is 1. The van der Waals surface area contributed by atoms with Crippen molar-refractivity contribution >= 4 is 5.97 Å². The van der Waals surface area contributed by atoms with E-state index in [2.05, 4.69) is 0 Å². The summed E-state index contributed by atoms with van der Waals surface area (Å²) in [6.07, 6.45) is -5.19. The Labute approximate surface area is 213 Å². The van der Waals surface area contributed by atoms with Crippen LogP contribution in [0.25, 0.3) is 22.3 Å². The first-order valence-corrected chi connectivity index (χ1v) is 11.9. The molecule has 5 nitrogen and oxygen atoms in total. The number of carboxylic acids is 1. The maximum absolute atomic E-state index is 14.4. The van der Waals surface area contributed by atoms with E-state index in [1.807, 2.05) is 0 Å². The van der Waals surface area contributed by atoms with Crippen molar-refractivity contribution in [2.45, 2.75) is 51.5 Å². The number of carboxylic acid groups (broad SMARTS) is 1. The van der Waals surface area contributed by atoms with Gasteiger partial charge in [-0.2, -0.15) is 13.2 Å². The topological polar surface area (TPSA) is 65.0 Å². The van der Waals surface area contributed by atoms with Gasteiger partial charge in [-0.15, -0.1) is 0 Å². The molecule has 0 aromatic heterocycles. The van der Waals surface area contributed by atoms with Crippen LogP contribution in [0, 0.1) is 0 Å². The highest BCUT2D eigenvalue weighted by molar-refractivity contribution is 5.91. The predicted molar refractivity (Wildman–Crippen MR) is 134 cm³/mol. The van der Waals surface area contributed by atoms with Gasteiger partial charge in [0.25, 0.3) is 0 Å². The first kappa shape index (κ1) is 26.5. The van der Waals surface area contributed by atoms with Crippen LogP contribution in [0.4, 0.5) is 13.2 Å². The van der Waals surface area contributed by atoms with Gasteiger partial charge in [0.05, 0.1) is 24.9 Å². The summed E-state index contributed by atoms with van der Waals surface area (Å²) in [4.78, 5) is 12.5. The summed E-state index contributed by atoms with van der Waals surface area (Å²) in [7, 11) is 1.52. The third-order valence-electron chi connectivity index (χ3n) is 6.11. The first-order chi connectivity index (χ1) is 17.4. The summed E-state index contributed by atoms with van der Waals surface area (Å²) in [6.45, 7) is 5.40. The van der Waals surface area contributed by atoms with Crippen LogP contribution in [0.1, 0.15) is 50.0 Å². The smallest absolute Gasteiger partial charge is 0.416 e. The Balaban J connectivity index is 2.09. The molecule has 1 N–H and O–H groups in total. The van der Waals surface area contributed by atoms with Gasteiger partial charge >= 0.3 is 12.1 Å². The SMILES string of the molecule is COc1ccc(-c2ccc(C(F)(F)F)c(C(OC(C)(C)C)C(=O)O)c2-c2ccc3c(c2)CCCO3)cc1. The van der Waals surface area contributed by atoms with Crippen molar-refractivity contribution in [2.24, 2.45) is 0 Å². The number of aryl methyl sites for hydroxylation is 1. The van der Waals surface area contributed by atoms with Crippen molar-refractivity contribution in [3.63, 3.8) is 0 Å². The number of ether oxygens (including phenoxy) is 3. The maximum Gasteiger partial charge on any atom is 0.416 e. The number of benzene rings is 3. The molecule has 1 aliphatic rings. The van der Waals surface area contributed by atoms with Crippen molar-refractivity contribution in [3.05, 3.63) is 71.3 Å². The van der Waals surface area contributed by atoms with Crippen LogP contribution in [-0.4, -0.2) is 30.4 Å². The molecule has 1 atom stereocenters. The number of rotatable bonds is 6.